The fourth-order valence-electron chi connectivity index (χ4n) is 4.24. The van der Waals surface area contributed by atoms with Gasteiger partial charge in [-0.2, -0.15) is 10.5 Å². The van der Waals surface area contributed by atoms with Gasteiger partial charge in [-0.05, 0) is 11.1 Å². The number of nitrogens with zero attached hydrogens (tertiary/aromatic N) is 4. The minimum Gasteiger partial charge on any atom is -0.314 e. The van der Waals surface area contributed by atoms with E-state index in [0.717, 1.165) is 52.4 Å². The molecule has 6 nitrogen and oxygen atoms in total. The number of rotatable bonds is 6. The van der Waals surface area contributed by atoms with Crippen molar-refractivity contribution in [2.24, 2.45) is 0 Å². The van der Waals surface area contributed by atoms with Gasteiger partial charge in [-0.25, -0.2) is 0 Å². The molecule has 2 aromatic rings. The Morgan fingerprint density at radius 2 is 1.41 bits per heavy atom. The van der Waals surface area contributed by atoms with Gasteiger partial charge in [0.15, 0.2) is 0 Å². The van der Waals surface area contributed by atoms with Crippen molar-refractivity contribution in [3.63, 3.8) is 0 Å². The SMILES string of the molecule is Cl.Cl.N#CCC1CN(Cc2ccccc2)CCN1Cc1ccccc1.N#CCC1CNCCN1. The molecular weight excluding hydrogens is 467 g/mol. The number of halogens is 2. The Morgan fingerprint density at radius 1 is 0.794 bits per heavy atom. The van der Waals surface area contributed by atoms with Crippen LogP contribution in [0.2, 0.25) is 0 Å². The topological polar surface area (TPSA) is 78.1 Å². The number of nitriles is 2. The van der Waals surface area contributed by atoms with Gasteiger partial charge in [0, 0.05) is 64.4 Å². The van der Waals surface area contributed by atoms with Crippen LogP contribution in [0.25, 0.3) is 0 Å². The molecule has 0 aliphatic carbocycles. The third kappa shape index (κ3) is 10.4. The predicted molar refractivity (Wildman–Crippen MR) is 142 cm³/mol. The molecule has 0 aromatic heterocycles. The molecule has 184 valence electrons. The summed E-state index contributed by atoms with van der Waals surface area (Å²) < 4.78 is 0. The van der Waals surface area contributed by atoms with Crippen molar-refractivity contribution in [2.75, 3.05) is 39.3 Å². The summed E-state index contributed by atoms with van der Waals surface area (Å²) in [4.78, 5) is 4.93. The molecule has 34 heavy (non-hydrogen) atoms. The van der Waals surface area contributed by atoms with Crippen molar-refractivity contribution in [1.82, 2.24) is 20.4 Å². The highest BCUT2D eigenvalue weighted by Gasteiger charge is 2.26. The normalized spacial score (nSPS) is 20.3. The molecular formula is C26H36Cl2N6. The zero-order valence-electron chi connectivity index (χ0n) is 19.6. The molecule has 0 bridgehead atoms. The van der Waals surface area contributed by atoms with E-state index in [2.05, 4.69) is 87.2 Å². The van der Waals surface area contributed by atoms with E-state index in [-0.39, 0.29) is 24.8 Å². The zero-order chi connectivity index (χ0) is 22.4. The van der Waals surface area contributed by atoms with Crippen molar-refractivity contribution < 1.29 is 0 Å². The fourth-order valence-corrected chi connectivity index (χ4v) is 4.24. The Labute approximate surface area is 216 Å². The minimum absolute atomic E-state index is 0. The van der Waals surface area contributed by atoms with Crippen LogP contribution in [0.15, 0.2) is 60.7 Å². The lowest BCUT2D eigenvalue weighted by Gasteiger charge is -2.40. The average molecular weight is 504 g/mol. The second-order valence-corrected chi connectivity index (χ2v) is 8.41. The van der Waals surface area contributed by atoms with Gasteiger partial charge in [0.1, 0.15) is 0 Å². The van der Waals surface area contributed by atoms with E-state index in [9.17, 15) is 5.26 Å². The quantitative estimate of drug-likeness (QED) is 0.628. The molecule has 0 saturated carbocycles. The first-order chi connectivity index (χ1) is 15.8. The first-order valence-corrected chi connectivity index (χ1v) is 11.5. The van der Waals surface area contributed by atoms with Gasteiger partial charge in [0.25, 0.3) is 0 Å². The summed E-state index contributed by atoms with van der Waals surface area (Å²) >= 11 is 0. The van der Waals surface area contributed by atoms with Crippen LogP contribution in [-0.2, 0) is 13.1 Å². The van der Waals surface area contributed by atoms with Crippen LogP contribution in [0.1, 0.15) is 24.0 Å². The standard InChI is InChI=1S/C20H23N3.C6H11N3.2ClH/c21-12-11-20-17-22(15-18-7-3-1-4-8-18)13-14-23(20)16-19-9-5-2-6-10-19;7-2-1-6-5-8-3-4-9-6;;/h1-10,20H,11,13-17H2;6,8-9H,1,3-5H2;2*1H. The van der Waals surface area contributed by atoms with E-state index in [0.29, 0.717) is 24.9 Å². The Hall–Kier alpha value is -2.16. The molecule has 2 aromatic carbocycles. The summed E-state index contributed by atoms with van der Waals surface area (Å²) in [7, 11) is 0. The van der Waals surface area contributed by atoms with E-state index < -0.39 is 0 Å². The largest absolute Gasteiger partial charge is 0.314 e. The van der Waals surface area contributed by atoms with Gasteiger partial charge in [-0.15, -0.1) is 24.8 Å². The highest BCUT2D eigenvalue weighted by Crippen LogP contribution is 2.18. The number of nitrogens with one attached hydrogen (secondary N) is 2. The second-order valence-electron chi connectivity index (χ2n) is 8.41. The van der Waals surface area contributed by atoms with Crippen molar-refractivity contribution in [3.05, 3.63) is 71.8 Å². The Bertz CT molecular complexity index is 862. The third-order valence-electron chi connectivity index (χ3n) is 5.96. The van der Waals surface area contributed by atoms with Crippen molar-refractivity contribution >= 4 is 24.8 Å². The highest BCUT2D eigenvalue weighted by molar-refractivity contribution is 5.85. The van der Waals surface area contributed by atoms with E-state index >= 15 is 0 Å². The van der Waals surface area contributed by atoms with Crippen LogP contribution < -0.4 is 10.6 Å². The molecule has 2 N–H and O–H groups in total. The second kappa shape index (κ2) is 17.3. The van der Waals surface area contributed by atoms with Crippen LogP contribution in [0.5, 0.6) is 0 Å². The van der Waals surface area contributed by atoms with E-state index in [1.807, 2.05) is 6.07 Å². The lowest BCUT2D eigenvalue weighted by Crippen LogP contribution is -2.52. The Balaban J connectivity index is 0.000000448. The minimum atomic E-state index is 0. The van der Waals surface area contributed by atoms with Gasteiger partial charge in [0.05, 0.1) is 25.0 Å². The van der Waals surface area contributed by atoms with Gasteiger partial charge in [-0.1, -0.05) is 60.7 Å². The molecule has 0 radical (unpaired) electrons. The van der Waals surface area contributed by atoms with Crippen molar-refractivity contribution in [2.45, 2.75) is 38.0 Å². The molecule has 4 rings (SSSR count). The van der Waals surface area contributed by atoms with Crippen LogP contribution in [0, 0.1) is 22.7 Å². The summed E-state index contributed by atoms with van der Waals surface area (Å²) in [5.74, 6) is 0. The van der Waals surface area contributed by atoms with Gasteiger partial charge in [-0.3, -0.25) is 9.80 Å². The maximum atomic E-state index is 9.18. The van der Waals surface area contributed by atoms with Crippen LogP contribution in [0.4, 0.5) is 0 Å². The predicted octanol–water partition coefficient (Wildman–Crippen LogP) is 3.59. The smallest absolute Gasteiger partial charge is 0.0638 e. The van der Waals surface area contributed by atoms with Crippen LogP contribution >= 0.6 is 24.8 Å². The number of hydrogen-bond donors (Lipinski definition) is 2. The molecule has 2 fully saturated rings. The first kappa shape index (κ1) is 29.9. The molecule has 8 heteroatoms. The van der Waals surface area contributed by atoms with E-state index in [4.69, 9.17) is 5.26 Å². The lowest BCUT2D eigenvalue weighted by atomic mass is 10.1. The first-order valence-electron chi connectivity index (χ1n) is 11.5. The molecule has 0 spiro atoms. The Morgan fingerprint density at radius 3 is 1.97 bits per heavy atom. The maximum absolute atomic E-state index is 9.18. The number of hydrogen-bond acceptors (Lipinski definition) is 6. The number of piperazine rings is 2. The summed E-state index contributed by atoms with van der Waals surface area (Å²) in [6.07, 6.45) is 1.21. The highest BCUT2D eigenvalue weighted by atomic mass is 35.5. The van der Waals surface area contributed by atoms with Crippen molar-refractivity contribution in [1.29, 1.82) is 10.5 Å². The van der Waals surface area contributed by atoms with Crippen LogP contribution in [0.3, 0.4) is 0 Å². The zero-order valence-corrected chi connectivity index (χ0v) is 21.2. The van der Waals surface area contributed by atoms with E-state index in [1.54, 1.807) is 0 Å². The monoisotopic (exact) mass is 502 g/mol. The van der Waals surface area contributed by atoms with Gasteiger partial charge < -0.3 is 10.6 Å². The molecule has 0 amide bonds. The Kier molecular flexibility index (Phi) is 15.2. The molecule has 2 heterocycles. The van der Waals surface area contributed by atoms with Gasteiger partial charge in [0.2, 0.25) is 0 Å². The lowest BCUT2D eigenvalue weighted by molar-refractivity contribution is 0.0662. The summed E-state index contributed by atoms with van der Waals surface area (Å²) in [5.41, 5.74) is 2.67. The number of benzene rings is 2. The molecule has 2 aliphatic heterocycles. The molecule has 2 saturated heterocycles. The third-order valence-corrected chi connectivity index (χ3v) is 5.96. The molecule has 2 atom stereocenters. The van der Waals surface area contributed by atoms with E-state index in [1.165, 1.54) is 11.1 Å². The summed E-state index contributed by atoms with van der Waals surface area (Å²) in [5, 5.41) is 23.9. The fraction of sp³-hybridized carbons (Fsp3) is 0.462. The van der Waals surface area contributed by atoms with Crippen LogP contribution in [-0.4, -0.2) is 61.2 Å². The average Bonchev–Trinajstić information content (AvgIpc) is 2.84. The summed E-state index contributed by atoms with van der Waals surface area (Å²) in [6, 6.07) is 26.3. The van der Waals surface area contributed by atoms with Crippen molar-refractivity contribution in [3.8, 4) is 12.1 Å². The molecule has 2 unspecified atom stereocenters. The summed E-state index contributed by atoms with van der Waals surface area (Å²) in [6.45, 7) is 7.92. The maximum Gasteiger partial charge on any atom is 0.0638 e. The molecule has 2 aliphatic rings. The van der Waals surface area contributed by atoms with Gasteiger partial charge >= 0.3 is 0 Å².